The highest BCUT2D eigenvalue weighted by Crippen LogP contribution is 2.37. The number of aliphatic hydroxyl groups is 1. The van der Waals surface area contributed by atoms with E-state index in [1.165, 1.54) is 6.42 Å². The van der Waals surface area contributed by atoms with Crippen LogP contribution in [0.1, 0.15) is 30.9 Å². The fourth-order valence-corrected chi connectivity index (χ4v) is 3.36. The fraction of sp³-hybridized carbons (Fsp3) is 0.562. The summed E-state index contributed by atoms with van der Waals surface area (Å²) in [6, 6.07) is 7.27. The molecule has 1 aromatic rings. The Morgan fingerprint density at radius 1 is 1.33 bits per heavy atom. The molecule has 1 amide bonds. The van der Waals surface area contributed by atoms with Gasteiger partial charge in [0.25, 0.3) is 0 Å². The van der Waals surface area contributed by atoms with E-state index in [1.807, 2.05) is 29.2 Å². The van der Waals surface area contributed by atoms with Crippen LogP contribution in [-0.2, 0) is 9.53 Å². The average Bonchev–Trinajstić information content (AvgIpc) is 2.44. The van der Waals surface area contributed by atoms with E-state index in [0.29, 0.717) is 17.5 Å². The van der Waals surface area contributed by atoms with Crippen molar-refractivity contribution >= 4 is 17.5 Å². The van der Waals surface area contributed by atoms with Crippen molar-refractivity contribution in [2.45, 2.75) is 31.3 Å². The molecule has 1 saturated carbocycles. The zero-order chi connectivity index (χ0) is 14.8. The molecule has 0 aromatic heterocycles. The number of hydrogen-bond donors (Lipinski definition) is 1. The number of carbonyl (C=O) groups is 1. The van der Waals surface area contributed by atoms with Crippen LogP contribution in [0.15, 0.2) is 24.3 Å². The molecule has 0 bridgehead atoms. The average molecular weight is 310 g/mol. The van der Waals surface area contributed by atoms with Crippen LogP contribution in [0.3, 0.4) is 0 Å². The monoisotopic (exact) mass is 309 g/mol. The van der Waals surface area contributed by atoms with Crippen molar-refractivity contribution in [1.82, 2.24) is 4.90 Å². The van der Waals surface area contributed by atoms with Gasteiger partial charge in [-0.25, -0.2) is 0 Å². The van der Waals surface area contributed by atoms with Gasteiger partial charge >= 0.3 is 0 Å². The van der Waals surface area contributed by atoms with Crippen LogP contribution in [0.25, 0.3) is 0 Å². The zero-order valence-electron chi connectivity index (χ0n) is 11.9. The van der Waals surface area contributed by atoms with Gasteiger partial charge in [0.05, 0.1) is 25.3 Å². The van der Waals surface area contributed by atoms with Gasteiger partial charge in [0, 0.05) is 5.02 Å². The molecule has 1 aromatic carbocycles. The van der Waals surface area contributed by atoms with Crippen molar-refractivity contribution < 1.29 is 14.6 Å². The highest BCUT2D eigenvalue weighted by Gasteiger charge is 2.40. The molecular formula is C16H20ClNO3. The molecule has 2 fully saturated rings. The number of ether oxygens (including phenoxy) is 1. The number of morpholine rings is 1. The Hall–Kier alpha value is -1.10. The summed E-state index contributed by atoms with van der Waals surface area (Å²) in [6.45, 7) is 0.588. The van der Waals surface area contributed by atoms with Gasteiger partial charge in [-0.1, -0.05) is 30.2 Å². The number of nitrogens with zero attached hydrogens (tertiary/aromatic N) is 1. The summed E-state index contributed by atoms with van der Waals surface area (Å²) < 4.78 is 5.43. The quantitative estimate of drug-likeness (QED) is 0.929. The van der Waals surface area contributed by atoms with Gasteiger partial charge in [-0.15, -0.1) is 0 Å². The van der Waals surface area contributed by atoms with Gasteiger partial charge in [-0.3, -0.25) is 4.79 Å². The maximum atomic E-state index is 12.4. The first-order valence-corrected chi connectivity index (χ1v) is 7.83. The largest absolute Gasteiger partial charge is 0.394 e. The third kappa shape index (κ3) is 2.93. The molecule has 0 spiro atoms. The number of aliphatic hydroxyl groups excluding tert-OH is 1. The van der Waals surface area contributed by atoms with E-state index < -0.39 is 0 Å². The minimum absolute atomic E-state index is 0.0144. The van der Waals surface area contributed by atoms with Crippen LogP contribution >= 0.6 is 11.6 Å². The molecule has 5 heteroatoms. The number of amides is 1. The van der Waals surface area contributed by atoms with Crippen LogP contribution in [0, 0.1) is 5.92 Å². The van der Waals surface area contributed by atoms with Gasteiger partial charge in [-0.05, 0) is 36.5 Å². The molecule has 114 valence electrons. The highest BCUT2D eigenvalue weighted by atomic mass is 35.5. The summed E-state index contributed by atoms with van der Waals surface area (Å²) in [7, 11) is 0. The van der Waals surface area contributed by atoms with Crippen LogP contribution in [0.4, 0.5) is 0 Å². The first kappa shape index (κ1) is 14.8. The molecule has 2 unspecified atom stereocenters. The van der Waals surface area contributed by atoms with Crippen molar-refractivity contribution in [2.24, 2.45) is 5.92 Å². The third-order valence-corrected chi connectivity index (χ3v) is 4.87. The van der Waals surface area contributed by atoms with Crippen LogP contribution in [0.2, 0.25) is 5.02 Å². The Morgan fingerprint density at radius 2 is 2.05 bits per heavy atom. The summed E-state index contributed by atoms with van der Waals surface area (Å²) in [5.41, 5.74) is 1.00. The van der Waals surface area contributed by atoms with E-state index in [0.717, 1.165) is 18.4 Å². The number of hydrogen-bond acceptors (Lipinski definition) is 3. The van der Waals surface area contributed by atoms with E-state index >= 15 is 0 Å². The van der Waals surface area contributed by atoms with Gasteiger partial charge in [0.2, 0.25) is 5.91 Å². The highest BCUT2D eigenvalue weighted by molar-refractivity contribution is 6.30. The molecule has 4 nitrogen and oxygen atoms in total. The zero-order valence-corrected chi connectivity index (χ0v) is 12.6. The van der Waals surface area contributed by atoms with Crippen molar-refractivity contribution in [2.75, 3.05) is 19.8 Å². The molecule has 3 rings (SSSR count). The predicted molar refractivity (Wildman–Crippen MR) is 80.1 cm³/mol. The SMILES string of the molecule is O=C1COCC(c2ccc(Cl)cc2)N1C(CO)C1CCC1. The Kier molecular flexibility index (Phi) is 4.48. The van der Waals surface area contributed by atoms with Crippen LogP contribution in [-0.4, -0.2) is 41.8 Å². The molecule has 1 N–H and O–H groups in total. The fourth-order valence-electron chi connectivity index (χ4n) is 3.23. The maximum Gasteiger partial charge on any atom is 0.249 e. The molecule has 2 aliphatic rings. The standard InChI is InChI=1S/C16H20ClNO3/c17-13-6-4-12(5-7-13)15-9-21-10-16(20)18(15)14(8-19)11-2-1-3-11/h4-7,11,14-15,19H,1-3,8-10H2. The molecule has 21 heavy (non-hydrogen) atoms. The van der Waals surface area contributed by atoms with Crippen molar-refractivity contribution in [3.05, 3.63) is 34.9 Å². The topological polar surface area (TPSA) is 49.8 Å². The van der Waals surface area contributed by atoms with E-state index in [4.69, 9.17) is 16.3 Å². The molecule has 1 saturated heterocycles. The van der Waals surface area contributed by atoms with Gasteiger partial charge in [-0.2, -0.15) is 0 Å². The second-order valence-electron chi connectivity index (χ2n) is 5.82. The van der Waals surface area contributed by atoms with Crippen LogP contribution in [0.5, 0.6) is 0 Å². The lowest BCUT2D eigenvalue weighted by molar-refractivity contribution is -0.157. The Labute approximate surface area is 129 Å². The Bertz CT molecular complexity index is 501. The second-order valence-corrected chi connectivity index (χ2v) is 6.26. The minimum Gasteiger partial charge on any atom is -0.394 e. The second kappa shape index (κ2) is 6.34. The van der Waals surface area contributed by atoms with Crippen molar-refractivity contribution in [3.8, 4) is 0 Å². The first-order valence-electron chi connectivity index (χ1n) is 7.46. The van der Waals surface area contributed by atoms with Gasteiger partial charge in [0.15, 0.2) is 0 Å². The van der Waals surface area contributed by atoms with E-state index in [9.17, 15) is 9.90 Å². The van der Waals surface area contributed by atoms with Gasteiger partial charge in [0.1, 0.15) is 6.61 Å². The number of halogens is 1. The Morgan fingerprint density at radius 3 is 2.62 bits per heavy atom. The van der Waals surface area contributed by atoms with E-state index in [2.05, 4.69) is 0 Å². The summed E-state index contributed by atoms with van der Waals surface area (Å²) in [5, 5.41) is 10.5. The molecule has 1 heterocycles. The smallest absolute Gasteiger partial charge is 0.249 e. The minimum atomic E-state index is -0.138. The van der Waals surface area contributed by atoms with Crippen LogP contribution < -0.4 is 0 Å². The molecular weight excluding hydrogens is 290 g/mol. The van der Waals surface area contributed by atoms with Crippen molar-refractivity contribution in [1.29, 1.82) is 0 Å². The number of carbonyl (C=O) groups excluding carboxylic acids is 1. The summed E-state index contributed by atoms with van der Waals surface area (Å²) in [5.74, 6) is 0.374. The molecule has 2 atom stereocenters. The first-order chi connectivity index (χ1) is 10.2. The normalized spacial score (nSPS) is 24.8. The van der Waals surface area contributed by atoms with E-state index in [-0.39, 0.29) is 31.2 Å². The van der Waals surface area contributed by atoms with E-state index in [1.54, 1.807) is 0 Å². The third-order valence-electron chi connectivity index (χ3n) is 4.62. The lowest BCUT2D eigenvalue weighted by atomic mass is 9.78. The summed E-state index contributed by atoms with van der Waals surface area (Å²) in [6.07, 6.45) is 3.36. The Balaban J connectivity index is 1.88. The molecule has 1 aliphatic carbocycles. The van der Waals surface area contributed by atoms with Crippen molar-refractivity contribution in [3.63, 3.8) is 0 Å². The number of benzene rings is 1. The van der Waals surface area contributed by atoms with Gasteiger partial charge < -0.3 is 14.7 Å². The molecule has 1 aliphatic heterocycles. The lowest BCUT2D eigenvalue weighted by Gasteiger charge is -2.46. The summed E-state index contributed by atoms with van der Waals surface area (Å²) >= 11 is 5.94. The molecule has 0 radical (unpaired) electrons. The predicted octanol–water partition coefficient (Wildman–Crippen LogP) is 2.40. The maximum absolute atomic E-state index is 12.4. The summed E-state index contributed by atoms with van der Waals surface area (Å²) in [4.78, 5) is 14.2. The number of rotatable bonds is 4. The lowest BCUT2D eigenvalue weighted by Crippen LogP contribution is -2.54.